The maximum Gasteiger partial charge on any atom is 0.224 e. The Morgan fingerprint density at radius 1 is 1.31 bits per heavy atom. The summed E-state index contributed by atoms with van der Waals surface area (Å²) in [5.41, 5.74) is 2.02. The number of aliphatic hydroxyl groups is 1. The first-order chi connectivity index (χ1) is 15.5. The van der Waals surface area contributed by atoms with E-state index in [9.17, 15) is 9.90 Å². The van der Waals surface area contributed by atoms with Crippen molar-refractivity contribution >= 4 is 22.8 Å². The molecule has 0 unspecified atom stereocenters. The number of benzene rings is 1. The number of amides is 1. The number of piperidine rings is 1. The monoisotopic (exact) mass is 430 g/mol. The molecule has 1 spiro atoms. The Morgan fingerprint density at radius 2 is 2.09 bits per heavy atom. The zero-order valence-corrected chi connectivity index (χ0v) is 18.0. The molecular formula is C24H26N6O2. The van der Waals surface area contributed by atoms with Crippen LogP contribution in [0.15, 0.2) is 42.9 Å². The molecule has 8 heteroatoms. The smallest absolute Gasteiger partial charge is 0.224 e. The maximum atomic E-state index is 13.2. The predicted octanol–water partition coefficient (Wildman–Crippen LogP) is 2.67. The number of aliphatic hydroxyl groups excluding tert-OH is 1. The Bertz CT molecular complexity index is 1180. The quantitative estimate of drug-likeness (QED) is 0.573. The van der Waals surface area contributed by atoms with E-state index in [0.29, 0.717) is 11.1 Å². The van der Waals surface area contributed by atoms with Crippen LogP contribution in [0, 0.1) is 22.7 Å². The zero-order valence-electron chi connectivity index (χ0n) is 18.0. The van der Waals surface area contributed by atoms with Crippen LogP contribution in [-0.2, 0) is 4.79 Å². The number of aromatic nitrogens is 3. The van der Waals surface area contributed by atoms with E-state index in [2.05, 4.69) is 31.2 Å². The zero-order chi connectivity index (χ0) is 22.3. The minimum atomic E-state index is -0.829. The topological polar surface area (TPSA) is 118 Å². The number of nitriles is 1. The van der Waals surface area contributed by atoms with Crippen molar-refractivity contribution in [1.29, 1.82) is 5.26 Å². The van der Waals surface area contributed by atoms with Crippen molar-refractivity contribution in [2.75, 3.05) is 18.0 Å². The highest BCUT2D eigenvalue weighted by molar-refractivity contribution is 5.87. The van der Waals surface area contributed by atoms with E-state index in [-0.39, 0.29) is 17.2 Å². The van der Waals surface area contributed by atoms with E-state index in [4.69, 9.17) is 5.26 Å². The van der Waals surface area contributed by atoms with Gasteiger partial charge in [-0.2, -0.15) is 5.26 Å². The van der Waals surface area contributed by atoms with E-state index in [1.54, 1.807) is 30.6 Å². The van der Waals surface area contributed by atoms with Gasteiger partial charge < -0.3 is 20.3 Å². The molecule has 5 rings (SSSR count). The summed E-state index contributed by atoms with van der Waals surface area (Å²) in [6, 6.07) is 10.5. The molecule has 1 aliphatic carbocycles. The first-order valence-corrected chi connectivity index (χ1v) is 11.0. The minimum absolute atomic E-state index is 0.0109. The molecule has 32 heavy (non-hydrogen) atoms. The lowest BCUT2D eigenvalue weighted by Gasteiger charge is -2.39. The standard InChI is InChI=1S/C24H26N6O2/c1-15(20(31)17-4-2-16(12-25)3-5-17)29-23(32)19-7-11-30(13-24(19)8-9-24)22-18-6-10-26-21(18)27-14-28-22/h2-6,10,14-15,19-20,31H,7-9,11,13H2,1H3,(H,29,32)(H,26,27,28)/t15-,19+,20+/m0/s1. The number of carbonyl (C=O) groups excluding carboxylic acids is 1. The number of fused-ring (bicyclic) bond motifs is 1. The molecule has 3 N–H and O–H groups in total. The summed E-state index contributed by atoms with van der Waals surface area (Å²) in [7, 11) is 0. The lowest BCUT2D eigenvalue weighted by Crippen LogP contribution is -2.50. The van der Waals surface area contributed by atoms with E-state index >= 15 is 0 Å². The van der Waals surface area contributed by atoms with Gasteiger partial charge in [-0.15, -0.1) is 0 Å². The number of hydrogen-bond acceptors (Lipinski definition) is 6. The molecular weight excluding hydrogens is 404 g/mol. The molecule has 164 valence electrons. The van der Waals surface area contributed by atoms with Crippen LogP contribution in [0.4, 0.5) is 5.82 Å². The molecule has 3 heterocycles. The molecule has 1 amide bonds. The number of anilines is 1. The molecule has 2 aliphatic rings. The average Bonchev–Trinajstić information content (AvgIpc) is 3.39. The van der Waals surface area contributed by atoms with Gasteiger partial charge in [-0.1, -0.05) is 12.1 Å². The van der Waals surface area contributed by atoms with Crippen molar-refractivity contribution in [1.82, 2.24) is 20.3 Å². The lowest BCUT2D eigenvalue weighted by atomic mass is 9.81. The highest BCUT2D eigenvalue weighted by Gasteiger charge is 2.55. The molecule has 3 aromatic rings. The second-order valence-corrected chi connectivity index (χ2v) is 9.04. The third-order valence-electron chi connectivity index (χ3n) is 7.00. The van der Waals surface area contributed by atoms with Crippen molar-refractivity contribution in [2.45, 2.75) is 38.3 Å². The SMILES string of the molecule is C[C@H](NC(=O)[C@H]1CCN(c2ncnc3[nH]ccc23)CC12CC2)[C@@H](O)c1ccc(C#N)cc1. The maximum absolute atomic E-state index is 13.2. The van der Waals surface area contributed by atoms with Crippen molar-refractivity contribution < 1.29 is 9.90 Å². The third-order valence-corrected chi connectivity index (χ3v) is 7.00. The Balaban J connectivity index is 1.26. The first kappa shape index (κ1) is 20.5. The largest absolute Gasteiger partial charge is 0.386 e. The van der Waals surface area contributed by atoms with E-state index in [1.807, 2.05) is 19.2 Å². The van der Waals surface area contributed by atoms with Gasteiger partial charge in [-0.3, -0.25) is 4.79 Å². The fraction of sp³-hybridized carbons (Fsp3) is 0.417. The molecule has 1 aromatic carbocycles. The fourth-order valence-corrected chi connectivity index (χ4v) is 4.98. The second kappa shape index (κ2) is 7.92. The number of carbonyl (C=O) groups is 1. The molecule has 1 aliphatic heterocycles. The van der Waals surface area contributed by atoms with Crippen LogP contribution in [0.2, 0.25) is 0 Å². The summed E-state index contributed by atoms with van der Waals surface area (Å²) >= 11 is 0. The van der Waals surface area contributed by atoms with Crippen molar-refractivity contribution in [3.8, 4) is 6.07 Å². The third kappa shape index (κ3) is 3.59. The summed E-state index contributed by atoms with van der Waals surface area (Å²) in [6.45, 7) is 3.37. The van der Waals surface area contributed by atoms with E-state index < -0.39 is 12.1 Å². The summed E-state index contributed by atoms with van der Waals surface area (Å²) in [6.07, 6.45) is 5.42. The molecule has 0 bridgehead atoms. The average molecular weight is 431 g/mol. The summed E-state index contributed by atoms with van der Waals surface area (Å²) in [5.74, 6) is 0.862. The van der Waals surface area contributed by atoms with Gasteiger partial charge in [-0.25, -0.2) is 9.97 Å². The molecule has 1 saturated heterocycles. The van der Waals surface area contributed by atoms with Crippen molar-refractivity contribution in [2.24, 2.45) is 11.3 Å². The summed E-state index contributed by atoms with van der Waals surface area (Å²) < 4.78 is 0. The van der Waals surface area contributed by atoms with Crippen LogP contribution in [-0.4, -0.2) is 45.1 Å². The Kier molecular flexibility index (Phi) is 5.06. The highest BCUT2D eigenvalue weighted by Crippen LogP contribution is 2.56. The number of nitrogens with zero attached hydrogens (tertiary/aromatic N) is 4. The van der Waals surface area contributed by atoms with Gasteiger partial charge in [-0.05, 0) is 55.4 Å². The molecule has 3 atom stereocenters. The minimum Gasteiger partial charge on any atom is -0.386 e. The number of aromatic amines is 1. The first-order valence-electron chi connectivity index (χ1n) is 11.0. The van der Waals surface area contributed by atoms with Crippen molar-refractivity contribution in [3.05, 3.63) is 54.0 Å². The van der Waals surface area contributed by atoms with Crippen LogP contribution in [0.3, 0.4) is 0 Å². The van der Waals surface area contributed by atoms with Gasteiger partial charge >= 0.3 is 0 Å². The Hall–Kier alpha value is -3.44. The van der Waals surface area contributed by atoms with Gasteiger partial charge in [0.15, 0.2) is 0 Å². The van der Waals surface area contributed by atoms with Crippen LogP contribution in [0.25, 0.3) is 11.0 Å². The Morgan fingerprint density at radius 3 is 2.81 bits per heavy atom. The van der Waals surface area contributed by atoms with Crippen molar-refractivity contribution in [3.63, 3.8) is 0 Å². The van der Waals surface area contributed by atoms with Crippen LogP contribution in [0.1, 0.15) is 43.4 Å². The van der Waals surface area contributed by atoms with Gasteiger partial charge in [0, 0.05) is 25.2 Å². The summed E-state index contributed by atoms with van der Waals surface area (Å²) in [4.78, 5) is 27.4. The molecule has 8 nitrogen and oxygen atoms in total. The fourth-order valence-electron chi connectivity index (χ4n) is 4.98. The molecule has 0 radical (unpaired) electrons. The van der Waals surface area contributed by atoms with Gasteiger partial charge in [0.2, 0.25) is 5.91 Å². The second-order valence-electron chi connectivity index (χ2n) is 9.04. The molecule has 2 fully saturated rings. The molecule has 2 aromatic heterocycles. The number of nitrogens with one attached hydrogen (secondary N) is 2. The van der Waals surface area contributed by atoms with Gasteiger partial charge in [0.05, 0.1) is 29.2 Å². The van der Waals surface area contributed by atoms with Gasteiger partial charge in [0.1, 0.15) is 17.8 Å². The molecule has 1 saturated carbocycles. The van der Waals surface area contributed by atoms with Crippen LogP contribution < -0.4 is 10.2 Å². The lowest BCUT2D eigenvalue weighted by molar-refractivity contribution is -0.129. The Labute approximate surface area is 186 Å². The predicted molar refractivity (Wildman–Crippen MR) is 120 cm³/mol. The number of H-pyrrole nitrogens is 1. The highest BCUT2D eigenvalue weighted by atomic mass is 16.3. The van der Waals surface area contributed by atoms with Crippen LogP contribution in [0.5, 0.6) is 0 Å². The van der Waals surface area contributed by atoms with E-state index in [1.165, 1.54) is 0 Å². The normalized spacial score (nSPS) is 21.2. The van der Waals surface area contributed by atoms with Gasteiger partial charge in [0.25, 0.3) is 0 Å². The summed E-state index contributed by atoms with van der Waals surface area (Å²) in [5, 5.41) is 23.7. The van der Waals surface area contributed by atoms with E-state index in [0.717, 1.165) is 49.2 Å². The number of rotatable bonds is 5. The number of hydrogen-bond donors (Lipinski definition) is 3. The van der Waals surface area contributed by atoms with Crippen LogP contribution >= 0.6 is 0 Å².